The third-order valence-corrected chi connectivity index (χ3v) is 5.11. The van der Waals surface area contributed by atoms with Crippen molar-refractivity contribution in [2.75, 3.05) is 17.7 Å². The molecule has 1 heterocycles. The molecule has 0 aliphatic heterocycles. The van der Waals surface area contributed by atoms with Gasteiger partial charge in [-0.05, 0) is 55.5 Å². The molecular formula is C22H21FN4O3S. The van der Waals surface area contributed by atoms with Crippen molar-refractivity contribution in [2.45, 2.75) is 18.6 Å². The Morgan fingerprint density at radius 1 is 1.16 bits per heavy atom. The molecule has 0 atom stereocenters. The van der Waals surface area contributed by atoms with Gasteiger partial charge in [0, 0.05) is 17.8 Å². The number of nitrogens with zero attached hydrogens (tertiary/aromatic N) is 3. The second kappa shape index (κ2) is 10.5. The molecule has 1 aromatic heterocycles. The first-order chi connectivity index (χ1) is 15.0. The summed E-state index contributed by atoms with van der Waals surface area (Å²) in [6, 6.07) is 12.4. The van der Waals surface area contributed by atoms with Crippen molar-refractivity contribution in [2.24, 2.45) is 0 Å². The number of allylic oxidation sites excluding steroid dienone is 1. The van der Waals surface area contributed by atoms with Gasteiger partial charge in [-0.2, -0.15) is 0 Å². The SMILES string of the molecule is C=CCn1c(SCC(=O)Nc2ccc(C(=O)OCC)cc2)nnc1-c1ccc(F)cc1. The van der Waals surface area contributed by atoms with Crippen LogP contribution in [0.5, 0.6) is 0 Å². The molecule has 0 saturated heterocycles. The van der Waals surface area contributed by atoms with E-state index in [0.717, 1.165) is 0 Å². The van der Waals surface area contributed by atoms with E-state index < -0.39 is 5.97 Å². The molecule has 0 aliphatic carbocycles. The summed E-state index contributed by atoms with van der Waals surface area (Å²) in [5.74, 6) is -0.296. The van der Waals surface area contributed by atoms with Crippen molar-refractivity contribution < 1.29 is 18.7 Å². The highest BCUT2D eigenvalue weighted by molar-refractivity contribution is 7.99. The van der Waals surface area contributed by atoms with E-state index in [4.69, 9.17) is 4.74 Å². The van der Waals surface area contributed by atoms with Crippen molar-refractivity contribution >= 4 is 29.3 Å². The Bertz CT molecular complexity index is 1070. The number of hydrogen-bond acceptors (Lipinski definition) is 6. The number of esters is 1. The first-order valence-corrected chi connectivity index (χ1v) is 10.5. The van der Waals surface area contributed by atoms with Gasteiger partial charge < -0.3 is 10.1 Å². The molecule has 1 N–H and O–H groups in total. The van der Waals surface area contributed by atoms with Gasteiger partial charge in [0.1, 0.15) is 5.82 Å². The number of anilines is 1. The lowest BCUT2D eigenvalue weighted by Gasteiger charge is -2.08. The minimum Gasteiger partial charge on any atom is -0.462 e. The fraction of sp³-hybridized carbons (Fsp3) is 0.182. The average molecular weight is 441 g/mol. The molecule has 9 heteroatoms. The van der Waals surface area contributed by atoms with Gasteiger partial charge in [-0.3, -0.25) is 9.36 Å². The topological polar surface area (TPSA) is 86.1 Å². The summed E-state index contributed by atoms with van der Waals surface area (Å²) in [4.78, 5) is 24.0. The maximum absolute atomic E-state index is 13.2. The molecule has 0 bridgehead atoms. The molecule has 31 heavy (non-hydrogen) atoms. The molecular weight excluding hydrogens is 419 g/mol. The zero-order valence-electron chi connectivity index (χ0n) is 16.9. The number of aromatic nitrogens is 3. The van der Waals surface area contributed by atoms with Crippen molar-refractivity contribution in [3.63, 3.8) is 0 Å². The van der Waals surface area contributed by atoms with Gasteiger partial charge in [0.2, 0.25) is 5.91 Å². The molecule has 2 aromatic carbocycles. The van der Waals surface area contributed by atoms with E-state index in [1.54, 1.807) is 49.4 Å². The molecule has 7 nitrogen and oxygen atoms in total. The molecule has 0 aliphatic rings. The molecule has 3 rings (SSSR count). The number of carbonyl (C=O) groups is 2. The van der Waals surface area contributed by atoms with Crippen LogP contribution in [0, 0.1) is 5.82 Å². The van der Waals surface area contributed by atoms with Crippen LogP contribution >= 0.6 is 11.8 Å². The highest BCUT2D eigenvalue weighted by atomic mass is 32.2. The zero-order chi connectivity index (χ0) is 22.2. The maximum atomic E-state index is 13.2. The van der Waals surface area contributed by atoms with Crippen molar-refractivity contribution in [3.8, 4) is 11.4 Å². The highest BCUT2D eigenvalue weighted by Crippen LogP contribution is 2.24. The number of carbonyl (C=O) groups excluding carboxylic acids is 2. The predicted octanol–water partition coefficient (Wildman–Crippen LogP) is 4.18. The smallest absolute Gasteiger partial charge is 0.338 e. The highest BCUT2D eigenvalue weighted by Gasteiger charge is 2.15. The summed E-state index contributed by atoms with van der Waals surface area (Å²) < 4.78 is 20.0. The van der Waals surface area contributed by atoms with E-state index in [1.165, 1.54) is 23.9 Å². The van der Waals surface area contributed by atoms with Gasteiger partial charge in [-0.15, -0.1) is 16.8 Å². The largest absolute Gasteiger partial charge is 0.462 e. The quantitative estimate of drug-likeness (QED) is 0.305. The van der Waals surface area contributed by atoms with E-state index in [-0.39, 0.29) is 17.5 Å². The summed E-state index contributed by atoms with van der Waals surface area (Å²) in [5.41, 5.74) is 1.70. The number of ether oxygens (including phenoxy) is 1. The van der Waals surface area contributed by atoms with Crippen LogP contribution in [-0.2, 0) is 16.1 Å². The average Bonchev–Trinajstić information content (AvgIpc) is 3.16. The molecule has 160 valence electrons. The van der Waals surface area contributed by atoms with Crippen LogP contribution in [0.4, 0.5) is 10.1 Å². The van der Waals surface area contributed by atoms with Gasteiger partial charge in [0.05, 0.1) is 17.9 Å². The molecule has 0 unspecified atom stereocenters. The number of rotatable bonds is 9. The number of thioether (sulfide) groups is 1. The fourth-order valence-corrected chi connectivity index (χ4v) is 3.48. The molecule has 0 radical (unpaired) electrons. The lowest BCUT2D eigenvalue weighted by molar-refractivity contribution is -0.113. The van der Waals surface area contributed by atoms with Gasteiger partial charge in [-0.25, -0.2) is 9.18 Å². The minimum absolute atomic E-state index is 0.109. The molecule has 0 fully saturated rings. The Labute approximate surface area is 183 Å². The van der Waals surface area contributed by atoms with Crippen molar-refractivity contribution in [3.05, 3.63) is 72.6 Å². The van der Waals surface area contributed by atoms with Crippen LogP contribution in [0.25, 0.3) is 11.4 Å². The number of nitrogens with one attached hydrogen (secondary N) is 1. The number of hydrogen-bond donors (Lipinski definition) is 1. The molecule has 0 spiro atoms. The third kappa shape index (κ3) is 5.79. The van der Waals surface area contributed by atoms with Crippen LogP contribution in [0.1, 0.15) is 17.3 Å². The zero-order valence-corrected chi connectivity index (χ0v) is 17.7. The van der Waals surface area contributed by atoms with E-state index >= 15 is 0 Å². The standard InChI is InChI=1S/C22H21FN4O3S/c1-3-13-27-20(15-5-9-17(23)10-6-15)25-26-22(27)31-14-19(28)24-18-11-7-16(8-12-18)21(29)30-4-2/h3,5-12H,1,4,13-14H2,2H3,(H,24,28). The lowest BCUT2D eigenvalue weighted by Crippen LogP contribution is -2.15. The Balaban J connectivity index is 1.64. The normalized spacial score (nSPS) is 10.5. The number of amides is 1. The van der Waals surface area contributed by atoms with E-state index in [9.17, 15) is 14.0 Å². The summed E-state index contributed by atoms with van der Waals surface area (Å²) in [6.07, 6.45) is 1.70. The third-order valence-electron chi connectivity index (χ3n) is 4.14. The minimum atomic E-state index is -0.408. The summed E-state index contributed by atoms with van der Waals surface area (Å²) in [6.45, 7) is 6.23. The van der Waals surface area contributed by atoms with Crippen LogP contribution in [0.15, 0.2) is 66.3 Å². The van der Waals surface area contributed by atoms with Crippen LogP contribution in [0.3, 0.4) is 0 Å². The first-order valence-electron chi connectivity index (χ1n) is 9.51. The van der Waals surface area contributed by atoms with Crippen molar-refractivity contribution in [1.82, 2.24) is 14.8 Å². The van der Waals surface area contributed by atoms with Crippen LogP contribution in [-0.4, -0.2) is 39.0 Å². The number of benzene rings is 2. The van der Waals surface area contributed by atoms with Gasteiger partial charge in [-0.1, -0.05) is 17.8 Å². The first kappa shape index (κ1) is 22.2. The van der Waals surface area contributed by atoms with Crippen LogP contribution < -0.4 is 5.32 Å². The maximum Gasteiger partial charge on any atom is 0.338 e. The van der Waals surface area contributed by atoms with E-state index in [0.29, 0.717) is 40.9 Å². The van der Waals surface area contributed by atoms with E-state index in [1.807, 2.05) is 4.57 Å². The lowest BCUT2D eigenvalue weighted by atomic mass is 10.2. The van der Waals surface area contributed by atoms with Crippen molar-refractivity contribution in [1.29, 1.82) is 0 Å². The Hall–Kier alpha value is -3.46. The Morgan fingerprint density at radius 2 is 1.87 bits per heavy atom. The van der Waals surface area contributed by atoms with E-state index in [2.05, 4.69) is 22.1 Å². The molecule has 1 amide bonds. The molecule has 0 saturated carbocycles. The van der Waals surface area contributed by atoms with Gasteiger partial charge in [0.25, 0.3) is 0 Å². The van der Waals surface area contributed by atoms with Gasteiger partial charge >= 0.3 is 5.97 Å². The fourth-order valence-electron chi connectivity index (χ4n) is 2.73. The van der Waals surface area contributed by atoms with Crippen LogP contribution in [0.2, 0.25) is 0 Å². The van der Waals surface area contributed by atoms with Gasteiger partial charge in [0.15, 0.2) is 11.0 Å². The number of halogens is 1. The summed E-state index contributed by atoms with van der Waals surface area (Å²) in [5, 5.41) is 11.7. The Kier molecular flexibility index (Phi) is 7.55. The predicted molar refractivity (Wildman–Crippen MR) is 117 cm³/mol. The molecule has 3 aromatic rings. The summed E-state index contributed by atoms with van der Waals surface area (Å²) >= 11 is 1.23. The Morgan fingerprint density at radius 3 is 2.52 bits per heavy atom. The summed E-state index contributed by atoms with van der Waals surface area (Å²) in [7, 11) is 0. The second-order valence-corrected chi connectivity index (χ2v) is 7.29. The monoisotopic (exact) mass is 440 g/mol. The second-order valence-electron chi connectivity index (χ2n) is 6.35.